The van der Waals surface area contributed by atoms with E-state index in [1.165, 1.54) is 0 Å². The molecule has 1 aliphatic rings. The molecule has 5 rings (SSSR count). The van der Waals surface area contributed by atoms with E-state index in [4.69, 9.17) is 5.11 Å². The molecule has 0 saturated heterocycles. The number of hydrogen-bond acceptors (Lipinski definition) is 6. The van der Waals surface area contributed by atoms with Crippen molar-refractivity contribution in [3.8, 4) is 11.1 Å². The Morgan fingerprint density at radius 1 is 0.920 bits per heavy atom. The van der Waals surface area contributed by atoms with Crippen molar-refractivity contribution < 1.29 is 24.3 Å². The molecule has 1 aromatic heterocycles. The number of anilines is 1. The van der Waals surface area contributed by atoms with Gasteiger partial charge in [0.25, 0.3) is 5.91 Å². The second kappa shape index (κ2) is 17.4. The first-order valence-corrected chi connectivity index (χ1v) is 17.4. The Hall–Kier alpha value is -5.23. The van der Waals surface area contributed by atoms with Crippen LogP contribution in [0, 0.1) is 11.8 Å². The standard InChI is InChI=1S/C38H47N7O5/c1-3-45(4-2)19-18-39-35(46)28-14-12-27(13-15-28)30-7-5-6-26(20-30)21-34(37(48)42-32-17-16-31-24-41-44-33(31)22-32)43-36(47)29-10-8-25(9-11-29)23-40-38(49)50/h5-7,12-17,20,22,24-25,29,34,40H,3-4,8-11,18-19,21,23H2,1-2H3,(H,39,46)(H,41,44)(H,42,48)(H,43,47)(H,49,50)/t25?,29?,34-/m0/s1. The van der Waals surface area contributed by atoms with Gasteiger partial charge in [0, 0.05) is 48.6 Å². The summed E-state index contributed by atoms with van der Waals surface area (Å²) in [5, 5.41) is 28.3. The Bertz CT molecular complexity index is 1760. The van der Waals surface area contributed by atoms with Gasteiger partial charge >= 0.3 is 6.09 Å². The Kier molecular flexibility index (Phi) is 12.6. The summed E-state index contributed by atoms with van der Waals surface area (Å²) in [4.78, 5) is 53.2. The Morgan fingerprint density at radius 3 is 2.40 bits per heavy atom. The summed E-state index contributed by atoms with van der Waals surface area (Å²) >= 11 is 0. The van der Waals surface area contributed by atoms with Crippen LogP contribution in [-0.2, 0) is 16.0 Å². The number of amides is 4. The Morgan fingerprint density at radius 2 is 1.68 bits per heavy atom. The van der Waals surface area contributed by atoms with Gasteiger partial charge in [0.15, 0.2) is 0 Å². The second-order valence-electron chi connectivity index (χ2n) is 12.9. The maximum atomic E-state index is 13.8. The lowest BCUT2D eigenvalue weighted by molar-refractivity contribution is -0.130. The molecule has 1 atom stereocenters. The van der Waals surface area contributed by atoms with Crippen LogP contribution in [0.1, 0.15) is 55.5 Å². The molecule has 0 unspecified atom stereocenters. The third-order valence-electron chi connectivity index (χ3n) is 9.56. The molecule has 12 nitrogen and oxygen atoms in total. The number of hydrogen-bond donors (Lipinski definition) is 6. The fraction of sp³-hybridized carbons (Fsp3) is 0.395. The minimum atomic E-state index is -1.05. The van der Waals surface area contributed by atoms with Gasteiger partial charge in [-0.05, 0) is 91.7 Å². The van der Waals surface area contributed by atoms with Crippen molar-refractivity contribution >= 4 is 40.4 Å². The summed E-state index contributed by atoms with van der Waals surface area (Å²) in [6.45, 7) is 7.85. The highest BCUT2D eigenvalue weighted by atomic mass is 16.4. The molecule has 1 aliphatic carbocycles. The van der Waals surface area contributed by atoms with E-state index < -0.39 is 12.1 Å². The first kappa shape index (κ1) is 36.1. The number of aromatic nitrogens is 2. The molecule has 0 spiro atoms. The number of H-pyrrole nitrogens is 1. The highest BCUT2D eigenvalue weighted by Crippen LogP contribution is 2.29. The van der Waals surface area contributed by atoms with Crippen molar-refractivity contribution in [2.45, 2.75) is 52.0 Å². The van der Waals surface area contributed by atoms with Gasteiger partial charge in [0.1, 0.15) is 6.04 Å². The summed E-state index contributed by atoms with van der Waals surface area (Å²) in [5.41, 5.74) is 4.69. The molecular formula is C38H47N7O5. The monoisotopic (exact) mass is 681 g/mol. The van der Waals surface area contributed by atoms with Crippen LogP contribution in [0.5, 0.6) is 0 Å². The summed E-state index contributed by atoms with van der Waals surface area (Å²) in [5.74, 6) is -0.694. The van der Waals surface area contributed by atoms with Gasteiger partial charge in [-0.1, -0.05) is 50.2 Å². The predicted octanol–water partition coefficient (Wildman–Crippen LogP) is 5.04. The fourth-order valence-corrected chi connectivity index (χ4v) is 6.50. The molecule has 1 fully saturated rings. The smallest absolute Gasteiger partial charge is 0.404 e. The van der Waals surface area contributed by atoms with Gasteiger partial charge in [0.05, 0.1) is 11.7 Å². The molecule has 6 N–H and O–H groups in total. The highest BCUT2D eigenvalue weighted by molar-refractivity contribution is 5.99. The largest absolute Gasteiger partial charge is 0.465 e. The van der Waals surface area contributed by atoms with Crippen LogP contribution in [0.15, 0.2) is 72.9 Å². The quantitative estimate of drug-likeness (QED) is 0.102. The van der Waals surface area contributed by atoms with Crippen molar-refractivity contribution in [3.63, 3.8) is 0 Å². The fourth-order valence-electron chi connectivity index (χ4n) is 6.50. The number of rotatable bonds is 15. The number of carbonyl (C=O) groups excluding carboxylic acids is 3. The average molecular weight is 682 g/mol. The van der Waals surface area contributed by atoms with E-state index in [-0.39, 0.29) is 36.0 Å². The zero-order chi connectivity index (χ0) is 35.5. The van der Waals surface area contributed by atoms with E-state index in [1.54, 1.807) is 18.3 Å². The van der Waals surface area contributed by atoms with Crippen LogP contribution in [0.4, 0.5) is 10.5 Å². The topological polar surface area (TPSA) is 169 Å². The lowest BCUT2D eigenvalue weighted by Gasteiger charge is -2.29. The summed E-state index contributed by atoms with van der Waals surface area (Å²) in [6.07, 6.45) is 3.65. The number of carboxylic acid groups (broad SMARTS) is 1. The van der Waals surface area contributed by atoms with E-state index in [2.05, 4.69) is 50.2 Å². The summed E-state index contributed by atoms with van der Waals surface area (Å²) in [7, 11) is 0. The van der Waals surface area contributed by atoms with Gasteiger partial charge in [-0.2, -0.15) is 5.10 Å². The molecule has 4 aromatic rings. The van der Waals surface area contributed by atoms with Crippen molar-refractivity contribution in [2.75, 3.05) is 38.0 Å². The average Bonchev–Trinajstić information content (AvgIpc) is 3.60. The molecule has 0 aliphatic heterocycles. The molecule has 264 valence electrons. The van der Waals surface area contributed by atoms with Crippen LogP contribution < -0.4 is 21.3 Å². The lowest BCUT2D eigenvalue weighted by Crippen LogP contribution is -2.48. The predicted molar refractivity (Wildman–Crippen MR) is 194 cm³/mol. The third kappa shape index (κ3) is 9.91. The number of likely N-dealkylation sites (N-methyl/N-ethyl adjacent to an activating group) is 1. The molecule has 3 aromatic carbocycles. The molecule has 12 heteroatoms. The van der Waals surface area contributed by atoms with Crippen LogP contribution in [0.2, 0.25) is 0 Å². The van der Waals surface area contributed by atoms with E-state index in [9.17, 15) is 19.2 Å². The van der Waals surface area contributed by atoms with Crippen molar-refractivity contribution in [3.05, 3.63) is 84.1 Å². The molecule has 0 bridgehead atoms. The van der Waals surface area contributed by atoms with E-state index in [0.29, 0.717) is 37.2 Å². The maximum Gasteiger partial charge on any atom is 0.404 e. The summed E-state index contributed by atoms with van der Waals surface area (Å²) in [6, 6.07) is 19.9. The van der Waals surface area contributed by atoms with Crippen LogP contribution in [-0.4, -0.2) is 82.8 Å². The number of benzene rings is 3. The normalized spacial score (nSPS) is 16.5. The van der Waals surface area contributed by atoms with Crippen LogP contribution in [0.3, 0.4) is 0 Å². The minimum Gasteiger partial charge on any atom is -0.465 e. The molecule has 50 heavy (non-hydrogen) atoms. The van der Waals surface area contributed by atoms with Crippen molar-refractivity contribution in [1.29, 1.82) is 0 Å². The Balaban J connectivity index is 1.26. The van der Waals surface area contributed by atoms with E-state index >= 15 is 0 Å². The van der Waals surface area contributed by atoms with Gasteiger partial charge in [0.2, 0.25) is 11.8 Å². The molecular weight excluding hydrogens is 634 g/mol. The molecule has 4 amide bonds. The Labute approximate surface area is 292 Å². The zero-order valence-electron chi connectivity index (χ0n) is 28.7. The number of aromatic amines is 1. The third-order valence-corrected chi connectivity index (χ3v) is 9.56. The molecule has 1 saturated carbocycles. The molecule has 0 radical (unpaired) electrons. The first-order chi connectivity index (χ1) is 24.2. The number of carbonyl (C=O) groups is 4. The minimum absolute atomic E-state index is 0.112. The van der Waals surface area contributed by atoms with Gasteiger partial charge in [-0.15, -0.1) is 0 Å². The zero-order valence-corrected chi connectivity index (χ0v) is 28.7. The van der Waals surface area contributed by atoms with E-state index in [1.807, 2.05) is 54.6 Å². The highest BCUT2D eigenvalue weighted by Gasteiger charge is 2.30. The number of nitrogens with zero attached hydrogens (tertiary/aromatic N) is 2. The van der Waals surface area contributed by atoms with Crippen LogP contribution in [0.25, 0.3) is 22.0 Å². The SMILES string of the molecule is CCN(CC)CCNC(=O)c1ccc(-c2cccc(C[C@H](NC(=O)C3CCC(CNC(=O)O)CC3)C(=O)Nc3ccc4cn[nH]c4c3)c2)cc1. The molecule has 1 heterocycles. The second-order valence-corrected chi connectivity index (χ2v) is 12.9. The van der Waals surface area contributed by atoms with Gasteiger partial charge in [-0.3, -0.25) is 19.5 Å². The number of fused-ring (bicyclic) bond motifs is 1. The first-order valence-electron chi connectivity index (χ1n) is 17.4. The van der Waals surface area contributed by atoms with Gasteiger partial charge in [-0.25, -0.2) is 4.79 Å². The van der Waals surface area contributed by atoms with E-state index in [0.717, 1.165) is 60.1 Å². The van der Waals surface area contributed by atoms with Gasteiger partial charge < -0.3 is 31.3 Å². The lowest BCUT2D eigenvalue weighted by atomic mass is 9.81. The van der Waals surface area contributed by atoms with Crippen molar-refractivity contribution in [2.24, 2.45) is 11.8 Å². The van der Waals surface area contributed by atoms with Crippen molar-refractivity contribution in [1.82, 2.24) is 31.0 Å². The maximum absolute atomic E-state index is 13.8. The van der Waals surface area contributed by atoms with Crippen LogP contribution >= 0.6 is 0 Å². The number of nitrogens with one attached hydrogen (secondary N) is 5. The summed E-state index contributed by atoms with van der Waals surface area (Å²) < 4.78 is 0.